The van der Waals surface area contributed by atoms with E-state index in [9.17, 15) is 0 Å². The first-order valence-electron chi connectivity index (χ1n) is 8.76. The van der Waals surface area contributed by atoms with Crippen LogP contribution >= 0.6 is 24.0 Å². The molecule has 0 saturated heterocycles. The molecule has 2 aromatic heterocycles. The Bertz CT molecular complexity index is 882. The Morgan fingerprint density at radius 2 is 1.86 bits per heavy atom. The molecule has 8 heteroatoms. The topological polar surface area (TPSA) is 76.4 Å². The van der Waals surface area contributed by atoms with E-state index in [0.717, 1.165) is 18.1 Å². The number of halogens is 1. The van der Waals surface area contributed by atoms with Gasteiger partial charge in [-0.25, -0.2) is 4.98 Å². The fourth-order valence-corrected chi connectivity index (χ4v) is 2.71. The first-order valence-corrected chi connectivity index (χ1v) is 8.76. The normalized spacial score (nSPS) is 10.9. The second-order valence-electron chi connectivity index (χ2n) is 5.96. The Kier molecular flexibility index (Phi) is 8.73. The lowest BCUT2D eigenvalue weighted by Gasteiger charge is -2.14. The molecule has 0 amide bonds. The SMILES string of the molecule is CN=C(NCc1ccnc(OC)c1)NCc1ccccc1Cn1cccn1.I. The van der Waals surface area contributed by atoms with E-state index in [1.807, 2.05) is 41.2 Å². The van der Waals surface area contributed by atoms with Gasteiger partial charge in [0.25, 0.3) is 0 Å². The molecule has 0 spiro atoms. The number of aromatic nitrogens is 3. The number of guanidine groups is 1. The maximum absolute atomic E-state index is 5.16. The number of aliphatic imine (C=N–C) groups is 1. The molecule has 0 radical (unpaired) electrons. The predicted octanol–water partition coefficient (Wildman–Crippen LogP) is 2.82. The zero-order valence-corrected chi connectivity index (χ0v) is 18.3. The average molecular weight is 492 g/mol. The van der Waals surface area contributed by atoms with Gasteiger partial charge in [-0.05, 0) is 28.8 Å². The molecule has 28 heavy (non-hydrogen) atoms. The minimum Gasteiger partial charge on any atom is -0.481 e. The van der Waals surface area contributed by atoms with Crippen LogP contribution in [0.2, 0.25) is 0 Å². The Labute approximate surface area is 182 Å². The third kappa shape index (κ3) is 6.22. The Morgan fingerprint density at radius 3 is 2.57 bits per heavy atom. The zero-order valence-electron chi connectivity index (χ0n) is 16.0. The highest BCUT2D eigenvalue weighted by Gasteiger charge is 2.05. The number of nitrogens with zero attached hydrogens (tertiary/aromatic N) is 4. The molecule has 0 saturated carbocycles. The van der Waals surface area contributed by atoms with Crippen LogP contribution < -0.4 is 15.4 Å². The van der Waals surface area contributed by atoms with Crippen molar-refractivity contribution in [2.75, 3.05) is 14.2 Å². The van der Waals surface area contributed by atoms with Crippen LogP contribution in [-0.2, 0) is 19.6 Å². The van der Waals surface area contributed by atoms with Crippen LogP contribution in [0.25, 0.3) is 0 Å². The molecule has 1 aromatic carbocycles. The number of hydrogen-bond acceptors (Lipinski definition) is 4. The quantitative estimate of drug-likeness (QED) is 0.302. The van der Waals surface area contributed by atoms with Crippen molar-refractivity contribution in [2.24, 2.45) is 4.99 Å². The zero-order chi connectivity index (χ0) is 18.9. The van der Waals surface area contributed by atoms with Gasteiger partial charge in [0.2, 0.25) is 5.88 Å². The maximum Gasteiger partial charge on any atom is 0.213 e. The third-order valence-corrected chi connectivity index (χ3v) is 4.15. The van der Waals surface area contributed by atoms with Crippen molar-refractivity contribution in [1.82, 2.24) is 25.4 Å². The first-order chi connectivity index (χ1) is 13.3. The van der Waals surface area contributed by atoms with Gasteiger partial charge in [-0.3, -0.25) is 9.67 Å². The Morgan fingerprint density at radius 1 is 1.07 bits per heavy atom. The lowest BCUT2D eigenvalue weighted by atomic mass is 10.1. The second kappa shape index (κ2) is 11.3. The van der Waals surface area contributed by atoms with Gasteiger partial charge >= 0.3 is 0 Å². The van der Waals surface area contributed by atoms with Gasteiger partial charge in [0.05, 0.1) is 13.7 Å². The summed E-state index contributed by atoms with van der Waals surface area (Å²) in [5, 5.41) is 11.0. The van der Waals surface area contributed by atoms with Crippen molar-refractivity contribution in [1.29, 1.82) is 0 Å². The summed E-state index contributed by atoms with van der Waals surface area (Å²) >= 11 is 0. The van der Waals surface area contributed by atoms with E-state index >= 15 is 0 Å². The number of pyridine rings is 1. The number of ether oxygens (including phenoxy) is 1. The molecule has 0 atom stereocenters. The Balaban J connectivity index is 0.00000280. The fourth-order valence-electron chi connectivity index (χ4n) is 2.71. The van der Waals surface area contributed by atoms with Crippen molar-refractivity contribution in [3.63, 3.8) is 0 Å². The molecule has 148 valence electrons. The molecule has 0 bridgehead atoms. The summed E-state index contributed by atoms with van der Waals surface area (Å²) in [4.78, 5) is 8.41. The first kappa shape index (κ1) is 21.7. The van der Waals surface area contributed by atoms with Crippen molar-refractivity contribution < 1.29 is 4.74 Å². The molecule has 3 rings (SSSR count). The van der Waals surface area contributed by atoms with Crippen LogP contribution in [0.1, 0.15) is 16.7 Å². The van der Waals surface area contributed by atoms with E-state index < -0.39 is 0 Å². The number of rotatable bonds is 7. The van der Waals surface area contributed by atoms with E-state index in [4.69, 9.17) is 4.74 Å². The summed E-state index contributed by atoms with van der Waals surface area (Å²) in [6, 6.07) is 14.1. The average Bonchev–Trinajstić information content (AvgIpc) is 3.22. The van der Waals surface area contributed by atoms with Crippen molar-refractivity contribution in [3.8, 4) is 5.88 Å². The van der Waals surface area contributed by atoms with Gasteiger partial charge in [0.1, 0.15) is 0 Å². The lowest BCUT2D eigenvalue weighted by molar-refractivity contribution is 0.397. The molecule has 0 fully saturated rings. The highest BCUT2D eigenvalue weighted by atomic mass is 127. The minimum atomic E-state index is 0. The van der Waals surface area contributed by atoms with Crippen LogP contribution in [-0.4, -0.2) is 34.9 Å². The van der Waals surface area contributed by atoms with Gasteiger partial charge in [-0.2, -0.15) is 5.10 Å². The monoisotopic (exact) mass is 492 g/mol. The molecule has 0 aliphatic heterocycles. The molecular weight excluding hydrogens is 467 g/mol. The van der Waals surface area contributed by atoms with Crippen LogP contribution in [0.15, 0.2) is 66.0 Å². The second-order valence-corrected chi connectivity index (χ2v) is 5.96. The summed E-state index contributed by atoms with van der Waals surface area (Å²) in [6.45, 7) is 2.05. The number of hydrogen-bond donors (Lipinski definition) is 2. The fraction of sp³-hybridized carbons (Fsp3) is 0.250. The maximum atomic E-state index is 5.16. The summed E-state index contributed by atoms with van der Waals surface area (Å²) in [5.41, 5.74) is 3.51. The van der Waals surface area contributed by atoms with Crippen molar-refractivity contribution in [3.05, 3.63) is 77.7 Å². The van der Waals surface area contributed by atoms with Crippen LogP contribution in [0.3, 0.4) is 0 Å². The number of benzene rings is 1. The molecule has 0 unspecified atom stereocenters. The molecule has 2 heterocycles. The molecular formula is C20H25IN6O. The summed E-state index contributed by atoms with van der Waals surface area (Å²) in [7, 11) is 3.37. The van der Waals surface area contributed by atoms with Crippen LogP contribution in [0, 0.1) is 0 Å². The number of nitrogens with one attached hydrogen (secondary N) is 2. The summed E-state index contributed by atoms with van der Waals surface area (Å²) in [5.74, 6) is 1.34. The molecule has 0 aliphatic carbocycles. The predicted molar refractivity (Wildman–Crippen MR) is 121 cm³/mol. The van der Waals surface area contributed by atoms with Gasteiger partial charge < -0.3 is 15.4 Å². The molecule has 3 aromatic rings. The molecule has 0 aliphatic rings. The highest BCUT2D eigenvalue weighted by molar-refractivity contribution is 14.0. The summed E-state index contributed by atoms with van der Waals surface area (Å²) in [6.07, 6.45) is 5.49. The highest BCUT2D eigenvalue weighted by Crippen LogP contribution is 2.11. The van der Waals surface area contributed by atoms with Crippen LogP contribution in [0.5, 0.6) is 5.88 Å². The van der Waals surface area contributed by atoms with Gasteiger partial charge in [-0.15, -0.1) is 24.0 Å². The molecule has 2 N–H and O–H groups in total. The van der Waals surface area contributed by atoms with E-state index in [-0.39, 0.29) is 24.0 Å². The number of methoxy groups -OCH3 is 1. The third-order valence-electron chi connectivity index (χ3n) is 4.15. The minimum absolute atomic E-state index is 0. The van der Waals surface area contributed by atoms with Crippen molar-refractivity contribution >= 4 is 29.9 Å². The van der Waals surface area contributed by atoms with Gasteiger partial charge in [0.15, 0.2) is 5.96 Å². The van der Waals surface area contributed by atoms with Crippen molar-refractivity contribution in [2.45, 2.75) is 19.6 Å². The summed E-state index contributed by atoms with van der Waals surface area (Å²) < 4.78 is 7.08. The van der Waals surface area contributed by atoms with E-state index in [1.165, 1.54) is 11.1 Å². The van der Waals surface area contributed by atoms with Gasteiger partial charge in [-0.1, -0.05) is 24.3 Å². The largest absolute Gasteiger partial charge is 0.481 e. The smallest absolute Gasteiger partial charge is 0.213 e. The van der Waals surface area contributed by atoms with Gasteiger partial charge in [0, 0.05) is 44.8 Å². The Hall–Kier alpha value is -2.62. The van der Waals surface area contributed by atoms with Crippen LogP contribution in [0.4, 0.5) is 0 Å². The van der Waals surface area contributed by atoms with E-state index in [1.54, 1.807) is 26.6 Å². The van der Waals surface area contributed by atoms with E-state index in [0.29, 0.717) is 19.0 Å². The molecule has 7 nitrogen and oxygen atoms in total. The lowest BCUT2D eigenvalue weighted by Crippen LogP contribution is -2.36. The van der Waals surface area contributed by atoms with E-state index in [2.05, 4.69) is 37.8 Å². The standard InChI is InChI=1S/C20H24N6O.HI/c1-21-20(23-13-16-8-10-22-19(12-16)27-2)24-14-17-6-3-4-7-18(17)15-26-11-5-9-25-26;/h3-12H,13-15H2,1-2H3,(H2,21,23,24);1H.